The highest BCUT2D eigenvalue weighted by Gasteiger charge is 2.27. The Balaban J connectivity index is 2.46. The van der Waals surface area contributed by atoms with E-state index in [4.69, 9.17) is 4.74 Å². The Hall–Kier alpha value is -2.12. The Kier molecular flexibility index (Phi) is 5.57. The van der Waals surface area contributed by atoms with Crippen molar-refractivity contribution in [2.45, 2.75) is 19.4 Å². The van der Waals surface area contributed by atoms with Crippen molar-refractivity contribution in [3.05, 3.63) is 40.0 Å². The van der Waals surface area contributed by atoms with Gasteiger partial charge in [0.2, 0.25) is 5.75 Å². The summed E-state index contributed by atoms with van der Waals surface area (Å²) in [5.41, 5.74) is 1.43. The number of nitrogens with zero attached hydrogens (tertiary/aromatic N) is 2. The lowest BCUT2D eigenvalue weighted by Gasteiger charge is -2.35. The number of methoxy groups -OCH3 is 1. The van der Waals surface area contributed by atoms with E-state index in [0.29, 0.717) is 6.42 Å². The Morgan fingerprint density at radius 2 is 2.17 bits per heavy atom. The average molecular weight is 321 g/mol. The van der Waals surface area contributed by atoms with E-state index in [-0.39, 0.29) is 17.5 Å². The first-order valence-corrected chi connectivity index (χ1v) is 7.58. The van der Waals surface area contributed by atoms with Crippen LogP contribution >= 0.6 is 0 Å². The highest BCUT2D eigenvalue weighted by molar-refractivity contribution is 5.57. The third kappa shape index (κ3) is 4.00. The molecule has 0 radical (unpaired) electrons. The molecule has 1 aromatic carbocycles. The van der Waals surface area contributed by atoms with Crippen LogP contribution in [-0.4, -0.2) is 48.2 Å². The van der Waals surface area contributed by atoms with Crippen LogP contribution in [0.3, 0.4) is 0 Å². The van der Waals surface area contributed by atoms with E-state index in [1.54, 1.807) is 6.07 Å². The van der Waals surface area contributed by atoms with Gasteiger partial charge in [-0.25, -0.2) is 0 Å². The van der Waals surface area contributed by atoms with Crippen LogP contribution in [0.25, 0.3) is 0 Å². The average Bonchev–Trinajstić information content (AvgIpc) is 2.53. The fraction of sp³-hybridized carbons (Fsp3) is 0.500. The van der Waals surface area contributed by atoms with Gasteiger partial charge < -0.3 is 15.2 Å². The lowest BCUT2D eigenvalue weighted by Crippen LogP contribution is -2.45. The second kappa shape index (κ2) is 7.43. The van der Waals surface area contributed by atoms with E-state index in [1.165, 1.54) is 13.2 Å². The van der Waals surface area contributed by atoms with E-state index in [9.17, 15) is 15.2 Å². The van der Waals surface area contributed by atoms with Crippen molar-refractivity contribution in [2.24, 2.45) is 0 Å². The zero-order chi connectivity index (χ0) is 17.0. The molecular formula is C16H23N3O4. The predicted molar refractivity (Wildman–Crippen MR) is 87.9 cm³/mol. The number of nitro groups is 1. The molecule has 7 heteroatoms. The molecule has 7 nitrogen and oxygen atoms in total. The molecular weight excluding hydrogens is 298 g/mol. The normalized spacial score (nSPS) is 16.8. The van der Waals surface area contributed by atoms with Crippen molar-refractivity contribution >= 4 is 5.69 Å². The van der Waals surface area contributed by atoms with Crippen molar-refractivity contribution < 1.29 is 14.8 Å². The maximum absolute atomic E-state index is 11.2. The van der Waals surface area contributed by atoms with Crippen LogP contribution in [0.2, 0.25) is 0 Å². The van der Waals surface area contributed by atoms with Crippen LogP contribution in [0.5, 0.6) is 11.5 Å². The van der Waals surface area contributed by atoms with Crippen molar-refractivity contribution in [3.8, 4) is 11.5 Å². The molecule has 2 N–H and O–H groups in total. The molecule has 1 aliphatic rings. The minimum atomic E-state index is -0.586. The number of phenols is 1. The van der Waals surface area contributed by atoms with Crippen molar-refractivity contribution in [1.29, 1.82) is 0 Å². The summed E-state index contributed by atoms with van der Waals surface area (Å²) in [6.45, 7) is 9.39. The molecule has 126 valence electrons. The van der Waals surface area contributed by atoms with E-state index in [1.807, 2.05) is 6.92 Å². The molecule has 23 heavy (non-hydrogen) atoms. The van der Waals surface area contributed by atoms with Crippen LogP contribution in [0.1, 0.15) is 24.9 Å². The topological polar surface area (TPSA) is 87.9 Å². The summed E-state index contributed by atoms with van der Waals surface area (Å²) in [4.78, 5) is 12.9. The number of nitrogens with one attached hydrogen (secondary N) is 1. The smallest absolute Gasteiger partial charge is 0.314 e. The molecule has 0 unspecified atom stereocenters. The van der Waals surface area contributed by atoms with E-state index >= 15 is 0 Å². The second-order valence-electron chi connectivity index (χ2n) is 5.81. The van der Waals surface area contributed by atoms with Crippen LogP contribution in [0.15, 0.2) is 24.3 Å². The summed E-state index contributed by atoms with van der Waals surface area (Å²) in [6, 6.07) is 3.09. The van der Waals surface area contributed by atoms with Crippen LogP contribution in [0.4, 0.5) is 5.69 Å². The van der Waals surface area contributed by atoms with E-state index in [2.05, 4.69) is 16.8 Å². The SMILES string of the molecule is C=C(C)C[C@@H](c1cc(OC)c(O)c([N+](=O)[O-])c1)N1CCNCC1. The quantitative estimate of drug-likeness (QED) is 0.474. The molecule has 0 aromatic heterocycles. The molecule has 0 spiro atoms. The second-order valence-corrected chi connectivity index (χ2v) is 5.81. The molecule has 0 bridgehead atoms. The van der Waals surface area contributed by atoms with Gasteiger partial charge in [0, 0.05) is 38.3 Å². The number of phenolic OH excluding ortho intramolecular Hbond substituents is 1. The van der Waals surface area contributed by atoms with Gasteiger partial charge in [0.15, 0.2) is 5.75 Å². The van der Waals surface area contributed by atoms with Crippen LogP contribution < -0.4 is 10.1 Å². The number of piperazine rings is 1. The predicted octanol–water partition coefficient (Wildman–Crippen LogP) is 2.22. The Labute approximate surface area is 135 Å². The number of hydrogen-bond donors (Lipinski definition) is 2. The lowest BCUT2D eigenvalue weighted by molar-refractivity contribution is -0.386. The first kappa shape index (κ1) is 17.2. The van der Waals surface area contributed by atoms with E-state index in [0.717, 1.165) is 37.3 Å². The molecule has 0 amide bonds. The van der Waals surface area contributed by atoms with Gasteiger partial charge in [0.05, 0.1) is 12.0 Å². The molecule has 1 fully saturated rings. The van der Waals surface area contributed by atoms with Gasteiger partial charge in [-0.1, -0.05) is 5.57 Å². The zero-order valence-electron chi connectivity index (χ0n) is 13.5. The van der Waals surface area contributed by atoms with Gasteiger partial charge >= 0.3 is 5.69 Å². The summed E-state index contributed by atoms with van der Waals surface area (Å²) in [6.07, 6.45) is 0.699. The maximum Gasteiger partial charge on any atom is 0.314 e. The molecule has 1 heterocycles. The number of rotatable bonds is 6. The summed E-state index contributed by atoms with van der Waals surface area (Å²) in [5.74, 6) is -0.313. The third-order valence-electron chi connectivity index (χ3n) is 4.01. The van der Waals surface area contributed by atoms with Gasteiger partial charge in [-0.2, -0.15) is 0 Å². The Bertz CT molecular complexity index is 597. The number of aromatic hydroxyl groups is 1. The zero-order valence-corrected chi connectivity index (χ0v) is 13.5. The maximum atomic E-state index is 11.2. The fourth-order valence-corrected chi connectivity index (χ4v) is 2.88. The van der Waals surface area contributed by atoms with Gasteiger partial charge in [-0.15, -0.1) is 6.58 Å². The molecule has 1 aromatic rings. The Morgan fingerprint density at radius 3 is 2.70 bits per heavy atom. The summed E-state index contributed by atoms with van der Waals surface area (Å²) >= 11 is 0. The van der Waals surface area contributed by atoms with Crippen LogP contribution in [0, 0.1) is 10.1 Å². The van der Waals surface area contributed by atoms with Gasteiger partial charge in [-0.3, -0.25) is 15.0 Å². The molecule has 2 rings (SSSR count). The highest BCUT2D eigenvalue weighted by atomic mass is 16.6. The summed E-state index contributed by atoms with van der Waals surface area (Å²) in [5, 5.41) is 24.5. The Morgan fingerprint density at radius 1 is 1.52 bits per heavy atom. The fourth-order valence-electron chi connectivity index (χ4n) is 2.88. The number of hydrogen-bond acceptors (Lipinski definition) is 6. The van der Waals surface area contributed by atoms with Gasteiger partial charge in [-0.05, 0) is 25.0 Å². The number of ether oxygens (including phenoxy) is 1. The standard InChI is InChI=1S/C16H23N3O4/c1-11(2)8-13(18-6-4-17-5-7-18)12-9-14(19(21)22)16(20)15(10-12)23-3/h9-10,13,17,20H,1,4-8H2,2-3H3/t13-/m0/s1. The van der Waals surface area contributed by atoms with E-state index < -0.39 is 10.7 Å². The highest BCUT2D eigenvalue weighted by Crippen LogP contribution is 2.40. The number of benzene rings is 1. The molecule has 1 atom stereocenters. The third-order valence-corrected chi connectivity index (χ3v) is 4.01. The van der Waals surface area contributed by atoms with Gasteiger partial charge in [0.25, 0.3) is 0 Å². The minimum absolute atomic E-state index is 0.0252. The molecule has 0 saturated carbocycles. The lowest BCUT2D eigenvalue weighted by atomic mass is 9.97. The van der Waals surface area contributed by atoms with Crippen molar-refractivity contribution in [2.75, 3.05) is 33.3 Å². The minimum Gasteiger partial charge on any atom is -0.500 e. The molecule has 1 aliphatic heterocycles. The molecule has 0 aliphatic carbocycles. The van der Waals surface area contributed by atoms with Crippen molar-refractivity contribution in [1.82, 2.24) is 10.2 Å². The monoisotopic (exact) mass is 321 g/mol. The largest absolute Gasteiger partial charge is 0.500 e. The van der Waals surface area contributed by atoms with Crippen molar-refractivity contribution in [3.63, 3.8) is 0 Å². The first-order valence-electron chi connectivity index (χ1n) is 7.58. The molecule has 1 saturated heterocycles. The van der Waals surface area contributed by atoms with Crippen LogP contribution in [-0.2, 0) is 0 Å². The first-order chi connectivity index (χ1) is 10.9. The number of nitro benzene ring substituents is 1. The summed E-state index contributed by atoms with van der Waals surface area (Å²) < 4.78 is 5.11. The van der Waals surface area contributed by atoms with Gasteiger partial charge in [0.1, 0.15) is 0 Å². The summed E-state index contributed by atoms with van der Waals surface area (Å²) in [7, 11) is 1.39.